The van der Waals surface area contributed by atoms with Crippen LogP contribution in [0.2, 0.25) is 0 Å². The summed E-state index contributed by atoms with van der Waals surface area (Å²) in [6.45, 7) is 27.7. The summed E-state index contributed by atoms with van der Waals surface area (Å²) in [5.74, 6) is 11.0. The molecule has 3 aliphatic rings. The van der Waals surface area contributed by atoms with E-state index in [9.17, 15) is 0 Å². The fourth-order valence-corrected chi connectivity index (χ4v) is 5.92. The van der Waals surface area contributed by atoms with Gasteiger partial charge in [-0.2, -0.15) is 0 Å². The van der Waals surface area contributed by atoms with Crippen LogP contribution < -0.4 is 0 Å². The molecule has 4 rings (SSSR count). The van der Waals surface area contributed by atoms with Crippen molar-refractivity contribution in [2.75, 3.05) is 0 Å². The van der Waals surface area contributed by atoms with E-state index < -0.39 is 0 Å². The molecule has 0 radical (unpaired) electrons. The molecule has 0 aromatic heterocycles. The first-order valence-corrected chi connectivity index (χ1v) is 16.5. The highest BCUT2D eigenvalue weighted by atomic mass is 14.4. The molecule has 1 aromatic rings. The van der Waals surface area contributed by atoms with E-state index >= 15 is 0 Å². The molecule has 0 spiro atoms. The molecule has 0 unspecified atom stereocenters. The molecule has 0 atom stereocenters. The van der Waals surface area contributed by atoms with Crippen molar-refractivity contribution in [1.29, 1.82) is 0 Å². The van der Waals surface area contributed by atoms with Crippen molar-refractivity contribution in [1.82, 2.24) is 0 Å². The highest BCUT2D eigenvalue weighted by Gasteiger charge is 2.41. The van der Waals surface area contributed by atoms with Gasteiger partial charge >= 0.3 is 0 Å². The third kappa shape index (κ3) is 9.25. The minimum atomic E-state index is 0.0106. The first-order valence-electron chi connectivity index (χ1n) is 16.5. The van der Waals surface area contributed by atoms with Gasteiger partial charge in [0.25, 0.3) is 0 Å². The molecule has 3 aliphatic carbocycles. The van der Waals surface area contributed by atoms with E-state index in [2.05, 4.69) is 134 Å². The fraction of sp³-hybridized carbons (Fsp3) is 0.442. The van der Waals surface area contributed by atoms with Crippen molar-refractivity contribution in [3.8, 4) is 24.2 Å². The molecular formula is C43H58. The molecule has 43 heavy (non-hydrogen) atoms. The Kier molecular flexibility index (Phi) is 16.5. The van der Waals surface area contributed by atoms with Gasteiger partial charge in [-0.05, 0) is 83.4 Å². The van der Waals surface area contributed by atoms with Gasteiger partial charge in [0.2, 0.25) is 0 Å². The lowest BCUT2D eigenvalue weighted by Gasteiger charge is -2.30. The number of rotatable bonds is 6. The third-order valence-electron chi connectivity index (χ3n) is 7.90. The molecule has 0 saturated heterocycles. The predicted molar refractivity (Wildman–Crippen MR) is 195 cm³/mol. The van der Waals surface area contributed by atoms with Crippen LogP contribution in [-0.4, -0.2) is 0 Å². The summed E-state index contributed by atoms with van der Waals surface area (Å²) >= 11 is 0. The highest BCUT2D eigenvalue weighted by molar-refractivity contribution is 5.68. The molecule has 0 saturated carbocycles. The Hall–Kier alpha value is -3.48. The van der Waals surface area contributed by atoms with E-state index in [0.717, 1.165) is 43.6 Å². The van der Waals surface area contributed by atoms with Gasteiger partial charge in [-0.25, -0.2) is 0 Å². The molecule has 0 N–H and O–H groups in total. The smallest absolute Gasteiger partial charge is 0.0321 e. The molecular weight excluding hydrogens is 516 g/mol. The van der Waals surface area contributed by atoms with Crippen LogP contribution in [-0.2, 0) is 6.42 Å². The zero-order valence-electron chi connectivity index (χ0n) is 29.2. The van der Waals surface area contributed by atoms with Gasteiger partial charge in [-0.15, -0.1) is 6.42 Å². The van der Waals surface area contributed by atoms with Crippen LogP contribution in [0.4, 0.5) is 0 Å². The highest BCUT2D eigenvalue weighted by Crippen LogP contribution is 2.53. The van der Waals surface area contributed by atoms with Crippen molar-refractivity contribution in [3.63, 3.8) is 0 Å². The minimum absolute atomic E-state index is 0.0106. The summed E-state index contributed by atoms with van der Waals surface area (Å²) < 4.78 is 0. The quantitative estimate of drug-likeness (QED) is 0.296. The van der Waals surface area contributed by atoms with Gasteiger partial charge in [0, 0.05) is 23.0 Å². The summed E-state index contributed by atoms with van der Waals surface area (Å²) in [4.78, 5) is 0. The number of allylic oxidation sites excluding steroid dienone is 12. The van der Waals surface area contributed by atoms with Gasteiger partial charge in [0.15, 0.2) is 0 Å². The average Bonchev–Trinajstić information content (AvgIpc) is 3.27. The van der Waals surface area contributed by atoms with Crippen molar-refractivity contribution in [3.05, 3.63) is 111 Å². The standard InChI is InChI=1S/C19H18.C18H24.C4H10.C2H6/c1-14(2)17-12-11-16-10-9-15-7-5-3-4-6-8-18(17)19(16)13-15;1-7-13-15-14(8-2)16(9-3)18(11-5,12-6)17(15)10-4;1-4(2)3;1-2/h3,5,7,9-12,14H,4,13H2,1-2H3;4,7,9,13H,3,8,11-12H2,1-2,5-6H3;4H,1-3H3;1-2H3/b5-3-,15-7-;13-7-;;. The summed E-state index contributed by atoms with van der Waals surface area (Å²) in [7, 11) is 0. The number of fused-ring (bicyclic) bond motifs is 1. The topological polar surface area (TPSA) is 0 Å². The predicted octanol–water partition coefficient (Wildman–Crippen LogP) is 12.5. The molecule has 0 nitrogen and oxygen atoms in total. The maximum Gasteiger partial charge on any atom is 0.0321 e. The van der Waals surface area contributed by atoms with Crippen LogP contribution in [0.25, 0.3) is 6.08 Å². The van der Waals surface area contributed by atoms with E-state index in [0.29, 0.717) is 5.92 Å². The fourth-order valence-electron chi connectivity index (χ4n) is 5.92. The lowest BCUT2D eigenvalue weighted by molar-refractivity contribution is 0.424. The monoisotopic (exact) mass is 574 g/mol. The first kappa shape index (κ1) is 37.5. The second-order valence-corrected chi connectivity index (χ2v) is 11.8. The summed E-state index contributed by atoms with van der Waals surface area (Å²) in [6.07, 6.45) is 27.9. The van der Waals surface area contributed by atoms with Gasteiger partial charge in [0.05, 0.1) is 0 Å². The Balaban J connectivity index is 0.000000365. The van der Waals surface area contributed by atoms with Crippen LogP contribution in [0.3, 0.4) is 0 Å². The minimum Gasteiger partial charge on any atom is -0.115 e. The largest absolute Gasteiger partial charge is 0.115 e. The van der Waals surface area contributed by atoms with E-state index in [1.54, 1.807) is 0 Å². The van der Waals surface area contributed by atoms with Crippen LogP contribution in [0, 0.1) is 35.5 Å². The van der Waals surface area contributed by atoms with Crippen molar-refractivity contribution < 1.29 is 0 Å². The molecule has 0 heteroatoms. The number of hydrogen-bond donors (Lipinski definition) is 0. The second kappa shape index (κ2) is 18.9. The first-order chi connectivity index (χ1) is 20.6. The van der Waals surface area contributed by atoms with E-state index in [1.807, 2.05) is 26.8 Å². The third-order valence-corrected chi connectivity index (χ3v) is 7.90. The summed E-state index contributed by atoms with van der Waals surface area (Å²) in [5, 5.41) is 0. The Labute approximate surface area is 266 Å². The van der Waals surface area contributed by atoms with E-state index in [-0.39, 0.29) is 5.41 Å². The van der Waals surface area contributed by atoms with Crippen LogP contribution in [0.5, 0.6) is 0 Å². The Bertz CT molecular complexity index is 1360. The van der Waals surface area contributed by atoms with E-state index in [4.69, 9.17) is 6.42 Å². The Morgan fingerprint density at radius 1 is 1.05 bits per heavy atom. The molecule has 0 fully saturated rings. The molecule has 0 heterocycles. The van der Waals surface area contributed by atoms with Crippen molar-refractivity contribution >= 4 is 6.08 Å². The summed E-state index contributed by atoms with van der Waals surface area (Å²) in [5.41, 5.74) is 11.9. The normalized spacial score (nSPS) is 17.7. The molecule has 0 amide bonds. The number of terminal acetylenes is 1. The molecule has 0 aliphatic heterocycles. The maximum atomic E-state index is 5.81. The lowest BCUT2D eigenvalue weighted by atomic mass is 9.72. The van der Waals surface area contributed by atoms with Crippen LogP contribution in [0.1, 0.15) is 130 Å². The van der Waals surface area contributed by atoms with Gasteiger partial charge in [0.1, 0.15) is 0 Å². The molecule has 1 aromatic carbocycles. The SMILES string of the molecule is C#CC1=C(/C=C\C)C(CC)=C(C=C)C1(CC)CC.CC.CC(C)C.CC(C)c1ccc2c3c1C#CC/C=C\C=C(\C=C2)C3. The zero-order chi connectivity index (χ0) is 32.6. The zero-order valence-corrected chi connectivity index (χ0v) is 29.2. The van der Waals surface area contributed by atoms with Crippen molar-refractivity contribution in [2.24, 2.45) is 11.3 Å². The van der Waals surface area contributed by atoms with Gasteiger partial charge in [-0.1, -0.05) is 154 Å². The van der Waals surface area contributed by atoms with Crippen molar-refractivity contribution in [2.45, 2.75) is 114 Å². The number of hydrogen-bond acceptors (Lipinski definition) is 0. The number of benzene rings is 1. The van der Waals surface area contributed by atoms with Crippen LogP contribution in [0.15, 0.2) is 89.1 Å². The maximum absolute atomic E-state index is 5.81. The van der Waals surface area contributed by atoms with E-state index in [1.165, 1.54) is 44.5 Å². The lowest BCUT2D eigenvalue weighted by Crippen LogP contribution is -2.21. The Morgan fingerprint density at radius 3 is 2.21 bits per heavy atom. The van der Waals surface area contributed by atoms with Gasteiger partial charge in [-0.3, -0.25) is 0 Å². The summed E-state index contributed by atoms with van der Waals surface area (Å²) in [6, 6.07) is 4.49. The Morgan fingerprint density at radius 2 is 1.70 bits per heavy atom. The molecule has 2 bridgehead atoms. The molecule has 230 valence electrons. The average molecular weight is 575 g/mol. The second-order valence-electron chi connectivity index (χ2n) is 11.8. The van der Waals surface area contributed by atoms with Crippen LogP contribution >= 0.6 is 0 Å². The van der Waals surface area contributed by atoms with Gasteiger partial charge < -0.3 is 0 Å².